The molecule has 0 heterocycles. The van der Waals surface area contributed by atoms with Gasteiger partial charge in [-0.1, -0.05) is 55.5 Å². The standard InChI is InChI=1S/C19H23NO/c1-4-16-7-5-6-8-18(16)17-11-9-15(10-12-17)13-19(20-3)14(2)21/h5-12,19-20H,4,13H2,1-3H3/t19-/m0/s1. The van der Waals surface area contributed by atoms with Gasteiger partial charge in [0.25, 0.3) is 0 Å². The summed E-state index contributed by atoms with van der Waals surface area (Å²) in [7, 11) is 1.83. The monoisotopic (exact) mass is 281 g/mol. The van der Waals surface area contributed by atoms with Crippen molar-refractivity contribution in [2.24, 2.45) is 0 Å². The van der Waals surface area contributed by atoms with Gasteiger partial charge in [-0.05, 0) is 49.1 Å². The van der Waals surface area contributed by atoms with Crippen LogP contribution < -0.4 is 5.32 Å². The van der Waals surface area contributed by atoms with Gasteiger partial charge >= 0.3 is 0 Å². The smallest absolute Gasteiger partial charge is 0.147 e. The van der Waals surface area contributed by atoms with Gasteiger partial charge in [-0.3, -0.25) is 4.79 Å². The predicted molar refractivity (Wildman–Crippen MR) is 88.5 cm³/mol. The highest BCUT2D eigenvalue weighted by Gasteiger charge is 2.12. The van der Waals surface area contributed by atoms with Crippen LogP contribution in [-0.2, 0) is 17.6 Å². The molecule has 1 N–H and O–H groups in total. The maximum absolute atomic E-state index is 11.5. The summed E-state index contributed by atoms with van der Waals surface area (Å²) in [4.78, 5) is 11.5. The molecular formula is C19H23NO. The van der Waals surface area contributed by atoms with Crippen LogP contribution in [0.15, 0.2) is 48.5 Å². The van der Waals surface area contributed by atoms with Crippen LogP contribution in [0.3, 0.4) is 0 Å². The van der Waals surface area contributed by atoms with Crippen LogP contribution in [0.4, 0.5) is 0 Å². The largest absolute Gasteiger partial charge is 0.310 e. The zero-order valence-corrected chi connectivity index (χ0v) is 13.0. The molecule has 0 aromatic heterocycles. The van der Waals surface area contributed by atoms with E-state index in [0.29, 0.717) is 0 Å². The molecule has 2 aromatic carbocycles. The minimum atomic E-state index is -0.0984. The summed E-state index contributed by atoms with van der Waals surface area (Å²) in [5, 5.41) is 3.06. The van der Waals surface area contributed by atoms with Crippen molar-refractivity contribution in [2.75, 3.05) is 7.05 Å². The van der Waals surface area contributed by atoms with Gasteiger partial charge in [-0.25, -0.2) is 0 Å². The molecule has 0 unspecified atom stereocenters. The van der Waals surface area contributed by atoms with Crippen LogP contribution in [0.1, 0.15) is 25.0 Å². The fourth-order valence-electron chi connectivity index (χ4n) is 2.62. The Labute approximate surface area is 127 Å². The molecule has 0 bridgehead atoms. The van der Waals surface area contributed by atoms with Gasteiger partial charge in [-0.2, -0.15) is 0 Å². The Kier molecular flexibility index (Phi) is 5.29. The maximum Gasteiger partial charge on any atom is 0.147 e. The number of rotatable bonds is 6. The minimum absolute atomic E-state index is 0.0984. The second kappa shape index (κ2) is 7.19. The molecule has 2 heteroatoms. The summed E-state index contributed by atoms with van der Waals surface area (Å²) >= 11 is 0. The molecule has 0 amide bonds. The molecule has 0 aliphatic carbocycles. The third-order valence-electron chi connectivity index (χ3n) is 3.94. The van der Waals surface area contributed by atoms with Crippen LogP contribution >= 0.6 is 0 Å². The normalized spacial score (nSPS) is 12.1. The first-order valence-electron chi connectivity index (χ1n) is 7.50. The van der Waals surface area contributed by atoms with Crippen molar-refractivity contribution >= 4 is 5.78 Å². The van der Waals surface area contributed by atoms with E-state index in [4.69, 9.17) is 0 Å². The molecule has 2 nitrogen and oxygen atoms in total. The first-order valence-corrected chi connectivity index (χ1v) is 7.50. The number of hydrogen-bond acceptors (Lipinski definition) is 2. The third kappa shape index (κ3) is 3.79. The fraction of sp³-hybridized carbons (Fsp3) is 0.316. The minimum Gasteiger partial charge on any atom is -0.310 e. The lowest BCUT2D eigenvalue weighted by Gasteiger charge is -2.13. The van der Waals surface area contributed by atoms with Crippen molar-refractivity contribution < 1.29 is 4.79 Å². The fourth-order valence-corrected chi connectivity index (χ4v) is 2.62. The number of ketones is 1. The molecule has 0 saturated heterocycles. The van der Waals surface area contributed by atoms with Crippen molar-refractivity contribution in [1.82, 2.24) is 5.32 Å². The van der Waals surface area contributed by atoms with Crippen LogP contribution in [0, 0.1) is 0 Å². The Morgan fingerprint density at radius 2 is 1.76 bits per heavy atom. The van der Waals surface area contributed by atoms with E-state index >= 15 is 0 Å². The third-order valence-corrected chi connectivity index (χ3v) is 3.94. The number of likely N-dealkylation sites (N-methyl/N-ethyl adjacent to an activating group) is 1. The van der Waals surface area contributed by atoms with E-state index in [1.807, 2.05) is 7.05 Å². The van der Waals surface area contributed by atoms with Crippen molar-refractivity contribution in [3.8, 4) is 11.1 Å². The van der Waals surface area contributed by atoms with Gasteiger partial charge in [0, 0.05) is 0 Å². The maximum atomic E-state index is 11.5. The quantitative estimate of drug-likeness (QED) is 0.876. The molecule has 0 fully saturated rings. The van der Waals surface area contributed by atoms with E-state index < -0.39 is 0 Å². The first-order chi connectivity index (χ1) is 10.2. The lowest BCUT2D eigenvalue weighted by Crippen LogP contribution is -2.34. The average Bonchev–Trinajstić information content (AvgIpc) is 2.52. The molecule has 0 aliphatic heterocycles. The average molecular weight is 281 g/mol. The van der Waals surface area contributed by atoms with Crippen LogP contribution in [0.25, 0.3) is 11.1 Å². The number of nitrogens with one attached hydrogen (secondary N) is 1. The second-order valence-electron chi connectivity index (χ2n) is 5.36. The molecule has 1 atom stereocenters. The molecular weight excluding hydrogens is 258 g/mol. The van der Waals surface area contributed by atoms with Crippen molar-refractivity contribution in [2.45, 2.75) is 32.7 Å². The van der Waals surface area contributed by atoms with Gasteiger partial charge in [-0.15, -0.1) is 0 Å². The van der Waals surface area contributed by atoms with Crippen molar-refractivity contribution in [1.29, 1.82) is 0 Å². The van der Waals surface area contributed by atoms with Crippen LogP contribution in [0.5, 0.6) is 0 Å². The zero-order valence-electron chi connectivity index (χ0n) is 13.0. The number of hydrogen-bond donors (Lipinski definition) is 1. The summed E-state index contributed by atoms with van der Waals surface area (Å²) < 4.78 is 0. The number of benzene rings is 2. The Hall–Kier alpha value is -1.93. The Balaban J connectivity index is 2.21. The van der Waals surface area contributed by atoms with Gasteiger partial charge in [0.2, 0.25) is 0 Å². The topological polar surface area (TPSA) is 29.1 Å². The van der Waals surface area contributed by atoms with E-state index in [9.17, 15) is 4.79 Å². The van der Waals surface area contributed by atoms with E-state index in [1.54, 1.807) is 6.92 Å². The van der Waals surface area contributed by atoms with Gasteiger partial charge in [0.15, 0.2) is 0 Å². The molecule has 2 aromatic rings. The second-order valence-corrected chi connectivity index (χ2v) is 5.36. The molecule has 0 aliphatic rings. The number of carbonyl (C=O) groups excluding carboxylic acids is 1. The molecule has 0 spiro atoms. The highest BCUT2D eigenvalue weighted by molar-refractivity contribution is 5.81. The van der Waals surface area contributed by atoms with Gasteiger partial charge in [0.1, 0.15) is 5.78 Å². The molecule has 0 saturated carbocycles. The lowest BCUT2D eigenvalue weighted by molar-refractivity contribution is -0.118. The summed E-state index contributed by atoms with van der Waals surface area (Å²) in [5.74, 6) is 0.179. The Bertz CT molecular complexity index is 601. The first kappa shape index (κ1) is 15.5. The van der Waals surface area contributed by atoms with Crippen molar-refractivity contribution in [3.63, 3.8) is 0 Å². The Morgan fingerprint density at radius 3 is 2.33 bits per heavy atom. The number of Topliss-reactive ketones (excluding diaryl/α,β-unsaturated/α-hetero) is 1. The lowest BCUT2D eigenvalue weighted by atomic mass is 9.96. The highest BCUT2D eigenvalue weighted by Crippen LogP contribution is 2.24. The van der Waals surface area contributed by atoms with E-state index in [-0.39, 0.29) is 11.8 Å². The molecule has 21 heavy (non-hydrogen) atoms. The highest BCUT2D eigenvalue weighted by atomic mass is 16.1. The van der Waals surface area contributed by atoms with Crippen molar-refractivity contribution in [3.05, 3.63) is 59.7 Å². The number of aryl methyl sites for hydroxylation is 1. The summed E-state index contributed by atoms with van der Waals surface area (Å²) in [6.45, 7) is 3.81. The van der Waals surface area contributed by atoms with Gasteiger partial charge in [0.05, 0.1) is 6.04 Å². The van der Waals surface area contributed by atoms with Crippen LogP contribution in [0.2, 0.25) is 0 Å². The molecule has 110 valence electrons. The molecule has 0 radical (unpaired) electrons. The van der Waals surface area contributed by atoms with E-state index in [0.717, 1.165) is 12.8 Å². The number of carbonyl (C=O) groups is 1. The summed E-state index contributed by atoms with van der Waals surface area (Å²) in [6, 6.07) is 16.9. The summed E-state index contributed by atoms with van der Waals surface area (Å²) in [6.07, 6.45) is 1.77. The van der Waals surface area contributed by atoms with E-state index in [2.05, 4.69) is 60.8 Å². The van der Waals surface area contributed by atoms with E-state index in [1.165, 1.54) is 22.3 Å². The zero-order chi connectivity index (χ0) is 15.2. The molecule has 2 rings (SSSR count). The predicted octanol–water partition coefficient (Wildman–Crippen LogP) is 3.64. The Morgan fingerprint density at radius 1 is 1.10 bits per heavy atom. The van der Waals surface area contributed by atoms with Crippen LogP contribution in [-0.4, -0.2) is 18.9 Å². The SMILES string of the molecule is CCc1ccccc1-c1ccc(C[C@H](NC)C(C)=O)cc1. The van der Waals surface area contributed by atoms with Gasteiger partial charge < -0.3 is 5.32 Å². The summed E-state index contributed by atoms with van der Waals surface area (Å²) in [5.41, 5.74) is 5.08.